The lowest BCUT2D eigenvalue weighted by molar-refractivity contribution is 0.0986. The van der Waals surface area contributed by atoms with E-state index < -0.39 is 10.0 Å². The van der Waals surface area contributed by atoms with Gasteiger partial charge in [-0.05, 0) is 82.5 Å². The summed E-state index contributed by atoms with van der Waals surface area (Å²) < 4.78 is 28.9. The summed E-state index contributed by atoms with van der Waals surface area (Å²) in [5.41, 5.74) is 1.64. The topological polar surface area (TPSA) is 73.8 Å². The summed E-state index contributed by atoms with van der Waals surface area (Å²) in [4.78, 5) is 22.1. The highest BCUT2D eigenvalue weighted by atomic mass is 35.5. The fraction of sp³-hybridized carbons (Fsp3) is 0.259. The van der Waals surface area contributed by atoms with E-state index in [2.05, 4.69) is 9.88 Å². The number of thiazole rings is 1. The highest BCUT2D eigenvalue weighted by Crippen LogP contribution is 2.33. The van der Waals surface area contributed by atoms with Crippen molar-refractivity contribution in [2.24, 2.45) is 0 Å². The lowest BCUT2D eigenvalue weighted by Gasteiger charge is -2.23. The van der Waals surface area contributed by atoms with Crippen LogP contribution in [-0.4, -0.2) is 57.9 Å². The number of nitrogens with zero attached hydrogens (tertiary/aromatic N) is 4. The molecule has 10 heteroatoms. The van der Waals surface area contributed by atoms with Crippen molar-refractivity contribution in [1.29, 1.82) is 0 Å². The number of carbonyl (C=O) groups excluding carboxylic acids is 1. The minimum atomic E-state index is -3.79. The molecule has 194 valence electrons. The Morgan fingerprint density at radius 2 is 1.65 bits per heavy atom. The second kappa shape index (κ2) is 11.6. The number of benzene rings is 3. The fourth-order valence-corrected chi connectivity index (χ4v) is 6.75. The number of para-hydroxylation sites is 2. The van der Waals surface area contributed by atoms with Crippen molar-refractivity contribution in [2.75, 3.05) is 42.9 Å². The highest BCUT2D eigenvalue weighted by molar-refractivity contribution is 7.92. The monoisotopic (exact) mass is 556 g/mol. The molecule has 4 rings (SSSR count). The maximum Gasteiger partial charge on any atom is 0.264 e. The molecule has 1 heterocycles. The summed E-state index contributed by atoms with van der Waals surface area (Å²) in [7, 11) is 0.181. The zero-order valence-corrected chi connectivity index (χ0v) is 23.4. The van der Waals surface area contributed by atoms with Crippen LogP contribution in [0.2, 0.25) is 5.02 Å². The van der Waals surface area contributed by atoms with Gasteiger partial charge in [-0.15, -0.1) is 0 Å². The van der Waals surface area contributed by atoms with Gasteiger partial charge in [0.05, 0.1) is 20.3 Å². The Morgan fingerprint density at radius 3 is 2.27 bits per heavy atom. The van der Waals surface area contributed by atoms with E-state index in [4.69, 9.17) is 11.6 Å². The molecule has 0 saturated carbocycles. The highest BCUT2D eigenvalue weighted by Gasteiger charge is 2.26. The lowest BCUT2D eigenvalue weighted by Crippen LogP contribution is -2.33. The predicted octanol–water partition coefficient (Wildman–Crippen LogP) is 5.76. The van der Waals surface area contributed by atoms with Crippen molar-refractivity contribution in [1.82, 2.24) is 9.88 Å². The van der Waals surface area contributed by atoms with E-state index in [1.165, 1.54) is 27.8 Å². The van der Waals surface area contributed by atoms with Crippen LogP contribution in [0.15, 0.2) is 77.7 Å². The van der Waals surface area contributed by atoms with E-state index in [9.17, 15) is 13.2 Å². The van der Waals surface area contributed by atoms with Gasteiger partial charge in [0.15, 0.2) is 5.13 Å². The number of anilines is 2. The van der Waals surface area contributed by atoms with Gasteiger partial charge in [0.2, 0.25) is 0 Å². The van der Waals surface area contributed by atoms with Crippen molar-refractivity contribution in [3.05, 3.63) is 83.4 Å². The first-order valence-electron chi connectivity index (χ1n) is 11.9. The van der Waals surface area contributed by atoms with Crippen molar-refractivity contribution >= 4 is 59.9 Å². The van der Waals surface area contributed by atoms with Gasteiger partial charge < -0.3 is 4.90 Å². The molecule has 0 spiro atoms. The van der Waals surface area contributed by atoms with Crippen LogP contribution in [0.25, 0.3) is 10.2 Å². The van der Waals surface area contributed by atoms with Crippen LogP contribution in [-0.2, 0) is 10.0 Å². The third-order valence-electron chi connectivity index (χ3n) is 5.84. The van der Waals surface area contributed by atoms with Crippen molar-refractivity contribution in [3.63, 3.8) is 0 Å². The summed E-state index contributed by atoms with van der Waals surface area (Å²) in [6, 6.07) is 20.6. The smallest absolute Gasteiger partial charge is 0.264 e. The van der Waals surface area contributed by atoms with Crippen molar-refractivity contribution in [2.45, 2.75) is 18.2 Å². The van der Waals surface area contributed by atoms with E-state index in [-0.39, 0.29) is 17.3 Å². The average molecular weight is 557 g/mol. The Kier molecular flexibility index (Phi) is 8.49. The molecule has 0 fully saturated rings. The summed E-state index contributed by atoms with van der Waals surface area (Å²) >= 11 is 7.74. The molecule has 37 heavy (non-hydrogen) atoms. The molecule has 7 nitrogen and oxygen atoms in total. The summed E-state index contributed by atoms with van der Waals surface area (Å²) in [5.74, 6) is -0.242. The fourth-order valence-electron chi connectivity index (χ4n) is 3.99. The lowest BCUT2D eigenvalue weighted by atomic mass is 10.2. The first-order valence-corrected chi connectivity index (χ1v) is 14.6. The second-order valence-electron chi connectivity index (χ2n) is 8.73. The van der Waals surface area contributed by atoms with Crippen LogP contribution < -0.4 is 9.21 Å². The van der Waals surface area contributed by atoms with E-state index in [0.717, 1.165) is 17.7 Å². The van der Waals surface area contributed by atoms with Gasteiger partial charge in [0, 0.05) is 18.7 Å². The molecule has 3 aromatic carbocycles. The number of hydrogen-bond donors (Lipinski definition) is 0. The standard InChI is InChI=1S/C27H29ClN4O3S2/c1-4-32(21-10-6-5-7-11-21)37(34,35)22-16-14-20(15-17-22)26(33)31(19-9-18-30(2)3)27-29-25-23(28)12-8-13-24(25)36-27/h5-8,10-17H,4,9,18-19H2,1-3H3. The Hall–Kier alpha value is -2.98. The number of hydrogen-bond acceptors (Lipinski definition) is 6. The number of halogens is 1. The zero-order valence-electron chi connectivity index (χ0n) is 21.0. The number of fused-ring (bicyclic) bond motifs is 1. The van der Waals surface area contributed by atoms with Crippen LogP contribution in [0.5, 0.6) is 0 Å². The summed E-state index contributed by atoms with van der Waals surface area (Å²) in [6.45, 7) is 3.34. The number of aromatic nitrogens is 1. The molecule has 1 amide bonds. The second-order valence-corrected chi connectivity index (χ2v) is 12.0. The van der Waals surface area contributed by atoms with E-state index >= 15 is 0 Å². The molecule has 0 atom stereocenters. The quantitative estimate of drug-likeness (QED) is 0.248. The van der Waals surface area contributed by atoms with Crippen molar-refractivity contribution in [3.8, 4) is 0 Å². The van der Waals surface area contributed by atoms with Crippen LogP contribution in [0.3, 0.4) is 0 Å². The maximum absolute atomic E-state index is 13.6. The van der Waals surface area contributed by atoms with Crippen LogP contribution in [0, 0.1) is 0 Å². The largest absolute Gasteiger partial charge is 0.309 e. The number of rotatable bonds is 10. The van der Waals surface area contributed by atoms with Gasteiger partial charge in [0.25, 0.3) is 15.9 Å². The van der Waals surface area contributed by atoms with Crippen LogP contribution in [0.4, 0.5) is 10.8 Å². The molecule has 0 aliphatic rings. The SMILES string of the molecule is CCN(c1ccccc1)S(=O)(=O)c1ccc(C(=O)N(CCCN(C)C)c2nc3c(Cl)cccc3s2)cc1. The number of sulfonamides is 1. The molecule has 4 aromatic rings. The van der Waals surface area contributed by atoms with Crippen LogP contribution >= 0.6 is 22.9 Å². The van der Waals surface area contributed by atoms with E-state index in [1.807, 2.05) is 32.3 Å². The minimum Gasteiger partial charge on any atom is -0.309 e. The number of carbonyl (C=O) groups is 1. The molecule has 0 aliphatic carbocycles. The van der Waals surface area contributed by atoms with E-state index in [1.54, 1.807) is 54.3 Å². The third-order valence-corrected chi connectivity index (χ3v) is 9.11. The maximum atomic E-state index is 13.6. The Labute approximate surface area is 227 Å². The number of amides is 1. The first-order chi connectivity index (χ1) is 17.7. The van der Waals surface area contributed by atoms with E-state index in [0.29, 0.717) is 33.5 Å². The van der Waals surface area contributed by atoms with Gasteiger partial charge in [-0.25, -0.2) is 13.4 Å². The molecule has 0 aliphatic heterocycles. The summed E-state index contributed by atoms with van der Waals surface area (Å²) in [5, 5.41) is 1.10. The molecular weight excluding hydrogens is 528 g/mol. The van der Waals surface area contributed by atoms with Gasteiger partial charge in [-0.1, -0.05) is 47.2 Å². The molecular formula is C27H29ClN4O3S2. The molecule has 0 bridgehead atoms. The summed E-state index contributed by atoms with van der Waals surface area (Å²) in [6.07, 6.45) is 0.747. The van der Waals surface area contributed by atoms with Gasteiger partial charge >= 0.3 is 0 Å². The normalized spacial score (nSPS) is 11.7. The Balaban J connectivity index is 1.63. The average Bonchev–Trinajstić information content (AvgIpc) is 3.32. The molecule has 0 radical (unpaired) electrons. The predicted molar refractivity (Wildman–Crippen MR) is 153 cm³/mol. The van der Waals surface area contributed by atoms with Crippen molar-refractivity contribution < 1.29 is 13.2 Å². The zero-order chi connectivity index (χ0) is 26.6. The molecule has 0 N–H and O–H groups in total. The Bertz CT molecular complexity index is 1470. The molecule has 0 saturated heterocycles. The Morgan fingerprint density at radius 1 is 0.946 bits per heavy atom. The molecule has 0 unspecified atom stereocenters. The minimum absolute atomic E-state index is 0.126. The third kappa shape index (κ3) is 5.96. The first kappa shape index (κ1) is 27.1. The molecule has 1 aromatic heterocycles. The van der Waals surface area contributed by atoms with Gasteiger partial charge in [-0.2, -0.15) is 0 Å². The van der Waals surface area contributed by atoms with Crippen LogP contribution in [0.1, 0.15) is 23.7 Å². The van der Waals surface area contributed by atoms with Gasteiger partial charge in [0.1, 0.15) is 5.52 Å². The van der Waals surface area contributed by atoms with Gasteiger partial charge in [-0.3, -0.25) is 14.0 Å².